The first-order valence-corrected chi connectivity index (χ1v) is 10.5. The van der Waals surface area contributed by atoms with Crippen LogP contribution in [0, 0.1) is 0 Å². The highest BCUT2D eigenvalue weighted by Gasteiger charge is 2.48. The lowest BCUT2D eigenvalue weighted by Crippen LogP contribution is -2.53. The number of ketones is 1. The van der Waals surface area contributed by atoms with Crippen molar-refractivity contribution >= 4 is 28.6 Å². The van der Waals surface area contributed by atoms with Crippen LogP contribution in [0.4, 0.5) is 0 Å². The molecule has 0 fully saturated rings. The molecule has 6 heteroatoms. The standard InChI is InChI=1S/C26H21N3O3/c1-16(30)27-23-21(17-10-4-2-5-11-17)22(24(31)18-12-6-3-7-13-18)25-28-19-14-8-9-15-20(19)29(25)26(23)32/h2-15,21-23H,1H3,(H,27,30)/t21-,22-,23+/m1/s1. The summed E-state index contributed by atoms with van der Waals surface area (Å²) in [6, 6.07) is 24.8. The highest BCUT2D eigenvalue weighted by molar-refractivity contribution is 6.06. The molecular formula is C26H21N3O3. The second-order valence-electron chi connectivity index (χ2n) is 7.95. The second kappa shape index (κ2) is 7.89. The number of benzene rings is 3. The summed E-state index contributed by atoms with van der Waals surface area (Å²) in [7, 11) is 0. The van der Waals surface area contributed by atoms with E-state index in [0.29, 0.717) is 22.4 Å². The lowest BCUT2D eigenvalue weighted by molar-refractivity contribution is -0.119. The highest BCUT2D eigenvalue weighted by atomic mass is 16.2. The molecule has 158 valence electrons. The van der Waals surface area contributed by atoms with Gasteiger partial charge in [-0.1, -0.05) is 72.8 Å². The van der Waals surface area contributed by atoms with Crippen LogP contribution in [0.5, 0.6) is 0 Å². The number of nitrogens with zero attached hydrogens (tertiary/aromatic N) is 2. The number of aromatic nitrogens is 2. The van der Waals surface area contributed by atoms with Crippen molar-refractivity contribution in [3.05, 3.63) is 102 Å². The lowest BCUT2D eigenvalue weighted by atomic mass is 9.74. The summed E-state index contributed by atoms with van der Waals surface area (Å²) in [5, 5.41) is 2.82. The molecule has 0 aliphatic carbocycles. The van der Waals surface area contributed by atoms with Crippen LogP contribution in [0.25, 0.3) is 11.0 Å². The Bertz CT molecular complexity index is 1330. The quantitative estimate of drug-likeness (QED) is 0.504. The fraction of sp³-hybridized carbons (Fsp3) is 0.154. The van der Waals surface area contributed by atoms with Gasteiger partial charge in [0.15, 0.2) is 5.78 Å². The van der Waals surface area contributed by atoms with E-state index in [4.69, 9.17) is 4.98 Å². The Morgan fingerprint density at radius 2 is 1.50 bits per heavy atom. The van der Waals surface area contributed by atoms with Crippen molar-refractivity contribution in [1.82, 2.24) is 14.9 Å². The van der Waals surface area contributed by atoms with Gasteiger partial charge in [0.1, 0.15) is 11.9 Å². The molecule has 0 saturated carbocycles. The number of rotatable bonds is 4. The maximum atomic E-state index is 13.9. The number of carbonyl (C=O) groups excluding carboxylic acids is 3. The van der Waals surface area contributed by atoms with E-state index < -0.39 is 17.9 Å². The van der Waals surface area contributed by atoms with Crippen LogP contribution >= 0.6 is 0 Å². The number of hydrogen-bond donors (Lipinski definition) is 1. The van der Waals surface area contributed by atoms with Crippen molar-refractivity contribution in [2.24, 2.45) is 0 Å². The molecule has 3 aromatic carbocycles. The first kappa shape index (κ1) is 19.9. The lowest BCUT2D eigenvalue weighted by Gasteiger charge is -2.37. The van der Waals surface area contributed by atoms with Crippen molar-refractivity contribution in [2.75, 3.05) is 0 Å². The third kappa shape index (κ3) is 3.21. The monoisotopic (exact) mass is 423 g/mol. The average Bonchev–Trinajstić information content (AvgIpc) is 3.20. The zero-order valence-electron chi connectivity index (χ0n) is 17.4. The molecule has 1 aliphatic rings. The normalized spacial score (nSPS) is 20.0. The molecule has 0 radical (unpaired) electrons. The number of Topliss-reactive ketones (excluding diaryl/α,β-unsaturated/α-hetero) is 1. The first-order chi connectivity index (χ1) is 15.6. The van der Waals surface area contributed by atoms with E-state index in [2.05, 4.69) is 5.32 Å². The van der Waals surface area contributed by atoms with Crippen LogP contribution in [-0.2, 0) is 4.79 Å². The van der Waals surface area contributed by atoms with Crippen LogP contribution in [-0.4, -0.2) is 33.2 Å². The Hall–Kier alpha value is -4.06. The van der Waals surface area contributed by atoms with Gasteiger partial charge in [-0.3, -0.25) is 19.0 Å². The molecule has 0 unspecified atom stereocenters. The zero-order chi connectivity index (χ0) is 22.2. The van der Waals surface area contributed by atoms with E-state index in [0.717, 1.165) is 5.56 Å². The summed E-state index contributed by atoms with van der Waals surface area (Å²) in [5.74, 6) is -1.70. The number of para-hydroxylation sites is 2. The molecule has 1 aromatic heterocycles. The van der Waals surface area contributed by atoms with E-state index in [1.54, 1.807) is 12.1 Å². The molecule has 1 aliphatic heterocycles. The summed E-state index contributed by atoms with van der Waals surface area (Å²) < 4.78 is 1.50. The fourth-order valence-electron chi connectivity index (χ4n) is 4.62. The van der Waals surface area contributed by atoms with Gasteiger partial charge in [-0.2, -0.15) is 0 Å². The molecule has 0 bridgehead atoms. The zero-order valence-corrected chi connectivity index (χ0v) is 17.4. The van der Waals surface area contributed by atoms with Gasteiger partial charge in [0, 0.05) is 18.4 Å². The molecule has 3 atom stereocenters. The van der Waals surface area contributed by atoms with Crippen LogP contribution in [0.2, 0.25) is 0 Å². The highest BCUT2D eigenvalue weighted by Crippen LogP contribution is 2.43. The molecular weight excluding hydrogens is 402 g/mol. The van der Waals surface area contributed by atoms with Crippen LogP contribution < -0.4 is 5.32 Å². The van der Waals surface area contributed by atoms with Gasteiger partial charge in [-0.25, -0.2) is 4.98 Å². The van der Waals surface area contributed by atoms with Gasteiger partial charge in [0.25, 0.3) is 5.91 Å². The minimum atomic E-state index is -0.905. The van der Waals surface area contributed by atoms with Gasteiger partial charge < -0.3 is 5.32 Å². The van der Waals surface area contributed by atoms with Crippen LogP contribution in [0.1, 0.15) is 45.3 Å². The maximum Gasteiger partial charge on any atom is 0.255 e. The summed E-state index contributed by atoms with van der Waals surface area (Å²) in [6.07, 6.45) is 0. The average molecular weight is 423 g/mol. The summed E-state index contributed by atoms with van der Waals surface area (Å²) in [6.45, 7) is 1.38. The van der Waals surface area contributed by atoms with Gasteiger partial charge in [0.2, 0.25) is 5.91 Å². The molecule has 1 N–H and O–H groups in total. The number of nitrogens with one attached hydrogen (secondary N) is 1. The first-order valence-electron chi connectivity index (χ1n) is 10.5. The molecule has 0 spiro atoms. The summed E-state index contributed by atoms with van der Waals surface area (Å²) in [5.41, 5.74) is 2.59. The van der Waals surface area contributed by atoms with Gasteiger partial charge in [-0.05, 0) is 17.7 Å². The molecule has 1 amide bonds. The molecule has 32 heavy (non-hydrogen) atoms. The number of imidazole rings is 1. The Labute approximate surface area is 184 Å². The molecule has 5 rings (SSSR count). The topological polar surface area (TPSA) is 81.1 Å². The summed E-state index contributed by atoms with van der Waals surface area (Å²) in [4.78, 5) is 44.4. The number of fused-ring (bicyclic) bond motifs is 3. The fourth-order valence-corrected chi connectivity index (χ4v) is 4.62. The number of amides is 1. The largest absolute Gasteiger partial charge is 0.344 e. The second-order valence-corrected chi connectivity index (χ2v) is 7.95. The van der Waals surface area contributed by atoms with Crippen molar-refractivity contribution < 1.29 is 14.4 Å². The molecule has 6 nitrogen and oxygen atoms in total. The minimum Gasteiger partial charge on any atom is -0.344 e. The van der Waals surface area contributed by atoms with E-state index in [1.165, 1.54) is 11.5 Å². The Morgan fingerprint density at radius 1 is 0.875 bits per heavy atom. The number of carbonyl (C=O) groups is 3. The predicted octanol–water partition coefficient (Wildman–Crippen LogP) is 3.95. The van der Waals surface area contributed by atoms with Gasteiger partial charge >= 0.3 is 0 Å². The summed E-state index contributed by atoms with van der Waals surface area (Å²) >= 11 is 0. The molecule has 2 heterocycles. The molecule has 0 saturated heterocycles. The van der Waals surface area contributed by atoms with E-state index in [1.807, 2.05) is 72.8 Å². The Morgan fingerprint density at radius 3 is 2.19 bits per heavy atom. The van der Waals surface area contributed by atoms with Gasteiger partial charge in [-0.15, -0.1) is 0 Å². The molecule has 4 aromatic rings. The van der Waals surface area contributed by atoms with E-state index in [9.17, 15) is 14.4 Å². The predicted molar refractivity (Wildman–Crippen MR) is 121 cm³/mol. The third-order valence-corrected chi connectivity index (χ3v) is 5.95. The van der Waals surface area contributed by atoms with Crippen molar-refractivity contribution in [3.8, 4) is 0 Å². The smallest absolute Gasteiger partial charge is 0.255 e. The Kier molecular flexibility index (Phi) is 4.90. The van der Waals surface area contributed by atoms with Crippen LogP contribution in [0.15, 0.2) is 84.9 Å². The van der Waals surface area contributed by atoms with Crippen molar-refractivity contribution in [2.45, 2.75) is 24.8 Å². The minimum absolute atomic E-state index is 0.140. The van der Waals surface area contributed by atoms with E-state index >= 15 is 0 Å². The van der Waals surface area contributed by atoms with Crippen LogP contribution in [0.3, 0.4) is 0 Å². The third-order valence-electron chi connectivity index (χ3n) is 5.95. The van der Waals surface area contributed by atoms with Crippen molar-refractivity contribution in [1.29, 1.82) is 0 Å². The maximum absolute atomic E-state index is 13.9. The van der Waals surface area contributed by atoms with Crippen molar-refractivity contribution in [3.63, 3.8) is 0 Å². The van der Waals surface area contributed by atoms with Gasteiger partial charge in [0.05, 0.1) is 17.0 Å². The Balaban J connectivity index is 1.80. The van der Waals surface area contributed by atoms with E-state index in [-0.39, 0.29) is 17.6 Å². The number of hydrogen-bond acceptors (Lipinski definition) is 4. The SMILES string of the molecule is CC(=O)N[C@@H]1C(=O)n2c(nc3ccccc32)[C@@H](C(=O)c2ccccc2)[C@H]1c1ccccc1.